The molecular formula is C6H10F3NO3S. The summed E-state index contributed by atoms with van der Waals surface area (Å²) >= 11 is 0. The van der Waals surface area contributed by atoms with E-state index in [1.54, 1.807) is 0 Å². The van der Waals surface area contributed by atoms with E-state index in [0.29, 0.717) is 4.31 Å². The lowest BCUT2D eigenvalue weighted by molar-refractivity contribution is -0.0503. The minimum atomic E-state index is -5.24. The Morgan fingerprint density at radius 1 is 1.21 bits per heavy atom. The molecule has 8 heteroatoms. The second-order valence-corrected chi connectivity index (χ2v) is 5.01. The molecule has 0 aliphatic carbocycles. The average molecular weight is 233 g/mol. The van der Waals surface area contributed by atoms with Gasteiger partial charge < -0.3 is 5.11 Å². The van der Waals surface area contributed by atoms with Gasteiger partial charge in [-0.1, -0.05) is 0 Å². The van der Waals surface area contributed by atoms with Crippen molar-refractivity contribution < 1.29 is 26.7 Å². The Morgan fingerprint density at radius 3 is 2.00 bits per heavy atom. The van der Waals surface area contributed by atoms with Gasteiger partial charge in [-0.15, -0.1) is 0 Å². The van der Waals surface area contributed by atoms with Crippen LogP contribution < -0.4 is 0 Å². The molecule has 1 N–H and O–H groups in total. The van der Waals surface area contributed by atoms with E-state index in [0.717, 1.165) is 0 Å². The van der Waals surface area contributed by atoms with Gasteiger partial charge in [0, 0.05) is 13.1 Å². The molecule has 1 saturated heterocycles. The van der Waals surface area contributed by atoms with Crippen molar-refractivity contribution in [1.29, 1.82) is 0 Å². The Labute approximate surface area is 79.4 Å². The summed E-state index contributed by atoms with van der Waals surface area (Å²) in [6, 6.07) is 0. The molecule has 0 aromatic heterocycles. The van der Waals surface area contributed by atoms with Gasteiger partial charge in [0.15, 0.2) is 0 Å². The minimum Gasteiger partial charge on any atom is -0.393 e. The summed E-state index contributed by atoms with van der Waals surface area (Å²) in [7, 11) is -5.20. The molecule has 0 amide bonds. The molecular weight excluding hydrogens is 223 g/mol. The Bertz CT molecular complexity index is 292. The van der Waals surface area contributed by atoms with Gasteiger partial charge in [-0.2, -0.15) is 17.5 Å². The average Bonchev–Trinajstić information content (AvgIpc) is 2.03. The summed E-state index contributed by atoms with van der Waals surface area (Å²) in [5.74, 6) is 0. The fourth-order valence-corrected chi connectivity index (χ4v) is 2.21. The second-order valence-electron chi connectivity index (χ2n) is 3.08. The van der Waals surface area contributed by atoms with Crippen LogP contribution in [0, 0.1) is 0 Å². The van der Waals surface area contributed by atoms with Gasteiger partial charge in [-0.05, 0) is 12.8 Å². The zero-order valence-electron chi connectivity index (χ0n) is 7.16. The number of alkyl halides is 3. The third kappa shape index (κ3) is 2.18. The van der Waals surface area contributed by atoms with Crippen molar-refractivity contribution in [2.45, 2.75) is 24.5 Å². The van der Waals surface area contributed by atoms with Crippen molar-refractivity contribution in [1.82, 2.24) is 4.31 Å². The summed E-state index contributed by atoms with van der Waals surface area (Å²) in [6.07, 6.45) is -0.598. The van der Waals surface area contributed by atoms with Crippen LogP contribution in [0.4, 0.5) is 13.2 Å². The Kier molecular flexibility index (Phi) is 3.07. The molecule has 1 fully saturated rings. The lowest BCUT2D eigenvalue weighted by Gasteiger charge is -2.29. The normalized spacial score (nSPS) is 22.6. The van der Waals surface area contributed by atoms with E-state index in [-0.39, 0.29) is 25.9 Å². The van der Waals surface area contributed by atoms with Crippen molar-refractivity contribution in [2.24, 2.45) is 0 Å². The standard InChI is InChI=1S/C6H10F3NO3S/c7-6(8,9)14(12,13)10-3-1-5(11)2-4-10/h5,11H,1-4H2. The highest BCUT2D eigenvalue weighted by molar-refractivity contribution is 7.90. The number of rotatable bonds is 1. The second kappa shape index (κ2) is 3.67. The van der Waals surface area contributed by atoms with Crippen LogP contribution in [0.5, 0.6) is 0 Å². The van der Waals surface area contributed by atoms with Crippen LogP contribution in [0.3, 0.4) is 0 Å². The Balaban J connectivity index is 2.76. The molecule has 1 heterocycles. The number of halogens is 3. The topological polar surface area (TPSA) is 57.6 Å². The highest BCUT2D eigenvalue weighted by Crippen LogP contribution is 2.28. The summed E-state index contributed by atoms with van der Waals surface area (Å²) < 4.78 is 58.1. The van der Waals surface area contributed by atoms with Crippen molar-refractivity contribution in [3.05, 3.63) is 0 Å². The maximum atomic E-state index is 12.0. The quantitative estimate of drug-likeness (QED) is 0.708. The zero-order chi connectivity index (χ0) is 11.0. The first-order valence-electron chi connectivity index (χ1n) is 3.99. The van der Waals surface area contributed by atoms with Crippen LogP contribution in [0.2, 0.25) is 0 Å². The minimum absolute atomic E-state index is 0.0509. The molecule has 0 aromatic carbocycles. The highest BCUT2D eigenvalue weighted by Gasteiger charge is 2.50. The summed E-state index contributed by atoms with van der Waals surface area (Å²) in [5.41, 5.74) is -5.24. The van der Waals surface area contributed by atoms with Crippen LogP contribution in [0.15, 0.2) is 0 Å². The van der Waals surface area contributed by atoms with Crippen LogP contribution in [0.25, 0.3) is 0 Å². The molecule has 0 saturated carbocycles. The third-order valence-electron chi connectivity index (χ3n) is 2.06. The molecule has 0 radical (unpaired) electrons. The Hall–Kier alpha value is -0.340. The van der Waals surface area contributed by atoms with Gasteiger partial charge in [-0.25, -0.2) is 8.42 Å². The zero-order valence-corrected chi connectivity index (χ0v) is 7.98. The molecule has 0 aromatic rings. The predicted octanol–water partition coefficient (Wildman–Crippen LogP) is 0.293. The van der Waals surface area contributed by atoms with Crippen molar-refractivity contribution in [2.75, 3.05) is 13.1 Å². The summed E-state index contributed by atoms with van der Waals surface area (Å²) in [5, 5.41) is 8.99. The largest absolute Gasteiger partial charge is 0.511 e. The van der Waals surface area contributed by atoms with Gasteiger partial charge in [-0.3, -0.25) is 0 Å². The van der Waals surface area contributed by atoms with E-state index in [9.17, 15) is 21.6 Å². The number of hydrogen-bond acceptors (Lipinski definition) is 3. The molecule has 84 valence electrons. The predicted molar refractivity (Wildman–Crippen MR) is 41.8 cm³/mol. The molecule has 14 heavy (non-hydrogen) atoms. The molecule has 0 bridgehead atoms. The van der Waals surface area contributed by atoms with E-state index < -0.39 is 21.6 Å². The van der Waals surface area contributed by atoms with Gasteiger partial charge in [0.05, 0.1) is 6.10 Å². The van der Waals surface area contributed by atoms with Crippen molar-refractivity contribution >= 4 is 10.0 Å². The van der Waals surface area contributed by atoms with Gasteiger partial charge in [0.25, 0.3) is 0 Å². The fraction of sp³-hybridized carbons (Fsp3) is 1.00. The highest BCUT2D eigenvalue weighted by atomic mass is 32.2. The number of piperidine rings is 1. The van der Waals surface area contributed by atoms with E-state index in [2.05, 4.69) is 0 Å². The molecule has 4 nitrogen and oxygen atoms in total. The first-order chi connectivity index (χ1) is 6.25. The first-order valence-corrected chi connectivity index (χ1v) is 5.43. The van der Waals surface area contributed by atoms with Crippen LogP contribution >= 0.6 is 0 Å². The number of hydrogen-bond donors (Lipinski definition) is 1. The maximum absolute atomic E-state index is 12.0. The van der Waals surface area contributed by atoms with Gasteiger partial charge in [0.2, 0.25) is 0 Å². The van der Waals surface area contributed by atoms with E-state index in [1.807, 2.05) is 0 Å². The smallest absolute Gasteiger partial charge is 0.393 e. The summed E-state index contributed by atoms with van der Waals surface area (Å²) in [4.78, 5) is 0. The van der Waals surface area contributed by atoms with Crippen molar-refractivity contribution in [3.8, 4) is 0 Å². The van der Waals surface area contributed by atoms with E-state index >= 15 is 0 Å². The molecule has 0 unspecified atom stereocenters. The molecule has 1 aliphatic heterocycles. The molecule has 0 spiro atoms. The lowest BCUT2D eigenvalue weighted by Crippen LogP contribution is -2.45. The summed E-state index contributed by atoms with van der Waals surface area (Å²) in [6.45, 7) is -0.550. The van der Waals surface area contributed by atoms with E-state index in [1.165, 1.54) is 0 Å². The molecule has 1 aliphatic rings. The number of nitrogens with zero attached hydrogens (tertiary/aromatic N) is 1. The number of sulfonamides is 1. The number of aliphatic hydroxyl groups excluding tert-OH is 1. The SMILES string of the molecule is O=S(=O)(N1CCC(O)CC1)C(F)(F)F. The van der Waals surface area contributed by atoms with Crippen LogP contribution in [-0.2, 0) is 10.0 Å². The van der Waals surface area contributed by atoms with Crippen LogP contribution in [0.1, 0.15) is 12.8 Å². The number of aliphatic hydroxyl groups is 1. The van der Waals surface area contributed by atoms with E-state index in [4.69, 9.17) is 5.11 Å². The van der Waals surface area contributed by atoms with Gasteiger partial charge in [0.1, 0.15) is 0 Å². The van der Waals surface area contributed by atoms with Gasteiger partial charge >= 0.3 is 15.5 Å². The van der Waals surface area contributed by atoms with Crippen molar-refractivity contribution in [3.63, 3.8) is 0 Å². The molecule has 0 atom stereocenters. The maximum Gasteiger partial charge on any atom is 0.511 e. The fourth-order valence-electron chi connectivity index (χ4n) is 1.23. The first kappa shape index (κ1) is 11.7. The third-order valence-corrected chi connectivity index (χ3v) is 3.69. The Morgan fingerprint density at radius 2 is 1.64 bits per heavy atom. The monoisotopic (exact) mass is 233 g/mol. The lowest BCUT2D eigenvalue weighted by atomic mass is 10.1. The molecule has 1 rings (SSSR count). The van der Waals surface area contributed by atoms with Crippen LogP contribution in [-0.4, -0.2) is 42.5 Å².